The van der Waals surface area contributed by atoms with Crippen molar-refractivity contribution in [2.75, 3.05) is 6.61 Å². The van der Waals surface area contributed by atoms with Gasteiger partial charge in [-0.1, -0.05) is 44.4 Å². The smallest absolute Gasteiger partial charge is 0.303 e. The maximum absolute atomic E-state index is 11.7. The molecule has 2 aliphatic rings. The van der Waals surface area contributed by atoms with Gasteiger partial charge in [-0.15, -0.1) is 0 Å². The lowest BCUT2D eigenvalue weighted by Gasteiger charge is -2.41. The van der Waals surface area contributed by atoms with E-state index < -0.39 is 42.3 Å². The maximum atomic E-state index is 11.7. The second-order valence-electron chi connectivity index (χ2n) is 7.29. The molecule has 9 heteroatoms. The summed E-state index contributed by atoms with van der Waals surface area (Å²) in [7, 11) is 0. The van der Waals surface area contributed by atoms with Crippen LogP contribution in [-0.2, 0) is 33.3 Å². The highest BCUT2D eigenvalue weighted by Crippen LogP contribution is 2.40. The van der Waals surface area contributed by atoms with Crippen LogP contribution in [0.3, 0.4) is 0 Å². The van der Waals surface area contributed by atoms with Crippen LogP contribution in [-0.4, -0.2) is 59.3 Å². The van der Waals surface area contributed by atoms with E-state index in [1.54, 1.807) is 0 Å². The highest BCUT2D eigenvalue weighted by atomic mass is 32.2. The Bertz CT molecular complexity index is 624. The van der Waals surface area contributed by atoms with Gasteiger partial charge in [-0.3, -0.25) is 19.4 Å². The van der Waals surface area contributed by atoms with Crippen LogP contribution in [0.2, 0.25) is 0 Å². The number of thioether (sulfide) groups is 1. The molecule has 0 saturated carbocycles. The number of nitrogens with zero attached hydrogens (tertiary/aromatic N) is 1. The molecule has 164 valence electrons. The van der Waals surface area contributed by atoms with Crippen molar-refractivity contribution in [1.29, 1.82) is 0 Å². The Morgan fingerprint density at radius 3 is 2.24 bits per heavy atom. The van der Waals surface area contributed by atoms with Gasteiger partial charge in [0.05, 0.1) is 5.04 Å². The second-order valence-corrected chi connectivity index (χ2v) is 8.46. The minimum absolute atomic E-state index is 0.0961. The fourth-order valence-corrected chi connectivity index (χ4v) is 4.72. The highest BCUT2D eigenvalue weighted by Gasteiger charge is 2.52. The zero-order chi connectivity index (χ0) is 21.4. The number of carbonyl (C=O) groups excluding carboxylic acids is 3. The fourth-order valence-electron chi connectivity index (χ4n) is 3.45. The average molecular weight is 430 g/mol. The van der Waals surface area contributed by atoms with Crippen LogP contribution < -0.4 is 0 Å². The summed E-state index contributed by atoms with van der Waals surface area (Å²) in [4.78, 5) is 39.3. The summed E-state index contributed by atoms with van der Waals surface area (Å²) in [6, 6.07) is -0.465. The summed E-state index contributed by atoms with van der Waals surface area (Å²) in [6.45, 7) is 5.95. The normalized spacial score (nSPS) is 28.3. The summed E-state index contributed by atoms with van der Waals surface area (Å²) in [5, 5.41) is 0.948. The molecular formula is C20H31NO7S. The monoisotopic (exact) mass is 429 g/mol. The van der Waals surface area contributed by atoms with E-state index >= 15 is 0 Å². The van der Waals surface area contributed by atoms with Gasteiger partial charge in [0.2, 0.25) is 0 Å². The van der Waals surface area contributed by atoms with Crippen LogP contribution in [0.1, 0.15) is 66.2 Å². The third-order valence-electron chi connectivity index (χ3n) is 4.71. The predicted octanol–water partition coefficient (Wildman–Crippen LogP) is 3.01. The quantitative estimate of drug-likeness (QED) is 0.297. The van der Waals surface area contributed by atoms with E-state index in [-0.39, 0.29) is 12.0 Å². The Balaban J connectivity index is 2.12. The fraction of sp³-hybridized carbons (Fsp3) is 0.800. The van der Waals surface area contributed by atoms with Crippen molar-refractivity contribution in [3.63, 3.8) is 0 Å². The lowest BCUT2D eigenvalue weighted by Crippen LogP contribution is -2.59. The molecule has 8 nitrogen and oxygen atoms in total. The molecule has 0 radical (unpaired) electrons. The molecule has 29 heavy (non-hydrogen) atoms. The van der Waals surface area contributed by atoms with Crippen molar-refractivity contribution < 1.29 is 33.3 Å². The van der Waals surface area contributed by atoms with Crippen LogP contribution in [0.5, 0.6) is 0 Å². The molecule has 0 N–H and O–H groups in total. The molecule has 5 atom stereocenters. The summed E-state index contributed by atoms with van der Waals surface area (Å²) in [5.74, 6) is -1.50. The first-order valence-electron chi connectivity index (χ1n) is 10.2. The van der Waals surface area contributed by atoms with Gasteiger partial charge in [-0.2, -0.15) is 0 Å². The van der Waals surface area contributed by atoms with Crippen LogP contribution in [0, 0.1) is 0 Å². The number of hydrogen-bond acceptors (Lipinski definition) is 9. The molecule has 2 heterocycles. The van der Waals surface area contributed by atoms with Gasteiger partial charge < -0.3 is 18.9 Å². The van der Waals surface area contributed by atoms with Gasteiger partial charge in [0.25, 0.3) is 0 Å². The molecule has 2 unspecified atom stereocenters. The minimum Gasteiger partial charge on any atom is -0.463 e. The molecule has 1 saturated heterocycles. The molecule has 0 aromatic heterocycles. The first-order chi connectivity index (χ1) is 13.8. The second kappa shape index (κ2) is 11.5. The molecule has 0 spiro atoms. The molecule has 0 amide bonds. The number of aliphatic imine (C=N–C) groups is 1. The number of esters is 3. The Hall–Kier alpha value is -1.61. The van der Waals surface area contributed by atoms with Gasteiger partial charge in [0.15, 0.2) is 12.2 Å². The molecule has 2 aliphatic heterocycles. The van der Waals surface area contributed by atoms with E-state index in [0.29, 0.717) is 0 Å². The maximum Gasteiger partial charge on any atom is 0.303 e. The van der Waals surface area contributed by atoms with Gasteiger partial charge >= 0.3 is 17.9 Å². The number of hydrogen-bond donors (Lipinski definition) is 0. The van der Waals surface area contributed by atoms with Crippen molar-refractivity contribution in [2.45, 2.75) is 96.0 Å². The van der Waals surface area contributed by atoms with Gasteiger partial charge in [0, 0.05) is 20.8 Å². The Morgan fingerprint density at radius 2 is 1.62 bits per heavy atom. The Kier molecular flexibility index (Phi) is 9.42. The summed E-state index contributed by atoms with van der Waals surface area (Å²) in [5.41, 5.74) is -0.377. The molecule has 0 aliphatic carbocycles. The van der Waals surface area contributed by atoms with Crippen molar-refractivity contribution in [1.82, 2.24) is 0 Å². The van der Waals surface area contributed by atoms with E-state index in [2.05, 4.69) is 6.92 Å². The van der Waals surface area contributed by atoms with Crippen LogP contribution in [0.15, 0.2) is 4.99 Å². The average Bonchev–Trinajstić information content (AvgIpc) is 3.04. The zero-order valence-corrected chi connectivity index (χ0v) is 18.4. The Labute approximate surface area is 176 Å². The highest BCUT2D eigenvalue weighted by molar-refractivity contribution is 8.14. The first kappa shape index (κ1) is 23.7. The van der Waals surface area contributed by atoms with E-state index in [1.165, 1.54) is 51.8 Å². The molecule has 0 aromatic rings. The molecule has 2 rings (SSSR count). The molecule has 1 fully saturated rings. The van der Waals surface area contributed by atoms with E-state index in [4.69, 9.17) is 23.9 Å². The third-order valence-corrected chi connectivity index (χ3v) is 5.91. The van der Waals surface area contributed by atoms with E-state index in [0.717, 1.165) is 24.3 Å². The van der Waals surface area contributed by atoms with Crippen LogP contribution in [0.25, 0.3) is 0 Å². The van der Waals surface area contributed by atoms with Gasteiger partial charge in [-0.05, 0) is 12.8 Å². The number of carbonyl (C=O) groups is 3. The zero-order valence-electron chi connectivity index (χ0n) is 17.5. The van der Waals surface area contributed by atoms with Gasteiger partial charge in [0.1, 0.15) is 24.2 Å². The topological polar surface area (TPSA) is 100 Å². The summed E-state index contributed by atoms with van der Waals surface area (Å²) >= 11 is 1.50. The number of rotatable bonds is 10. The van der Waals surface area contributed by atoms with Crippen molar-refractivity contribution in [2.24, 2.45) is 4.99 Å². The SMILES string of the molecule is CCCCCCCC1=NC2C(O[C@H](COC(C)=O)[C@@H](OC(C)=O)[C@@H]2OC(C)=O)S1. The minimum atomic E-state index is -0.898. The standard InChI is InChI=1S/C20H31NO7S/c1-5-6-7-8-9-10-16-21-17-19(27-14(4)24)18(26-13(3)23)15(11-25-12(2)22)28-20(17)29-16/h15,17-20H,5-11H2,1-4H3/t15-,17?,18-,19-,20?/m1/s1. The van der Waals surface area contributed by atoms with Crippen molar-refractivity contribution >= 4 is 34.7 Å². The lowest BCUT2D eigenvalue weighted by atomic mass is 9.97. The van der Waals surface area contributed by atoms with E-state index in [1.807, 2.05) is 0 Å². The first-order valence-corrected chi connectivity index (χ1v) is 11.1. The molecule has 0 bridgehead atoms. The van der Waals surface area contributed by atoms with Crippen LogP contribution >= 0.6 is 11.8 Å². The summed E-state index contributed by atoms with van der Waals surface area (Å²) in [6.07, 6.45) is 4.21. The Morgan fingerprint density at radius 1 is 0.966 bits per heavy atom. The van der Waals surface area contributed by atoms with Gasteiger partial charge in [-0.25, -0.2) is 0 Å². The number of fused-ring (bicyclic) bond motifs is 1. The molecule has 0 aromatic carbocycles. The predicted molar refractivity (Wildman–Crippen MR) is 109 cm³/mol. The number of unbranched alkanes of at least 4 members (excludes halogenated alkanes) is 4. The van der Waals surface area contributed by atoms with Crippen molar-refractivity contribution in [3.05, 3.63) is 0 Å². The number of ether oxygens (including phenoxy) is 4. The molecular weight excluding hydrogens is 398 g/mol. The largest absolute Gasteiger partial charge is 0.463 e. The summed E-state index contributed by atoms with van der Waals surface area (Å²) < 4.78 is 22.1. The lowest BCUT2D eigenvalue weighted by molar-refractivity contribution is -0.208. The van der Waals surface area contributed by atoms with Crippen LogP contribution in [0.4, 0.5) is 0 Å². The third kappa shape index (κ3) is 7.29. The van der Waals surface area contributed by atoms with E-state index in [9.17, 15) is 14.4 Å². The van der Waals surface area contributed by atoms with Crippen molar-refractivity contribution in [3.8, 4) is 0 Å².